The Morgan fingerprint density at radius 1 is 0.600 bits per heavy atom. The van der Waals surface area contributed by atoms with Crippen LogP contribution in [0.5, 0.6) is 0 Å². The van der Waals surface area contributed by atoms with E-state index in [9.17, 15) is 0 Å². The molecule has 5 heavy (non-hydrogen) atoms. The fraction of sp³-hybridized carbons (Fsp3) is 0. The van der Waals surface area contributed by atoms with Gasteiger partial charge in [-0.05, 0) is 0 Å². The minimum atomic E-state index is 0. The molecule has 0 unspecified atom stereocenters. The molecule has 0 heterocycles. The Bertz CT molecular complexity index is 6.85. The molecule has 0 atom stereocenters. The van der Waals surface area contributed by atoms with E-state index in [1.165, 1.54) is 0 Å². The average Bonchev–Trinajstić information content (AvgIpc) is 0. The van der Waals surface area contributed by atoms with Gasteiger partial charge < -0.3 is 56.4 Å². The van der Waals surface area contributed by atoms with Crippen LogP contribution in [0.1, 0.15) is 0 Å². The van der Waals surface area contributed by atoms with E-state index in [2.05, 4.69) is 0 Å². The molecule has 0 amide bonds. The number of hydrogen-bond donors (Lipinski definition) is 0. The van der Waals surface area contributed by atoms with E-state index < -0.39 is 0 Å². The van der Waals surface area contributed by atoms with Gasteiger partial charge >= 0.3 is 40.8 Å². The molecule has 1 radical (unpaired) electrons. The zero-order valence-electron chi connectivity index (χ0n) is 2.13. The van der Waals surface area contributed by atoms with Gasteiger partial charge in [0.15, 0.2) is 0 Å². The molecule has 0 aliphatic rings. The standard InChI is InChI=1S/3BrH.Nd.H2O/h3*1H;;1H2/q;;;+3;/p-3. The van der Waals surface area contributed by atoms with Crippen LogP contribution in [0.15, 0.2) is 0 Å². The summed E-state index contributed by atoms with van der Waals surface area (Å²) in [7, 11) is 0. The average molecular weight is 402 g/mol. The second kappa shape index (κ2) is 29.5. The molecule has 2 N–H and O–H groups in total. The summed E-state index contributed by atoms with van der Waals surface area (Å²) in [6.07, 6.45) is 0. The van der Waals surface area contributed by atoms with Gasteiger partial charge in [0.2, 0.25) is 0 Å². The first-order valence-corrected chi connectivity index (χ1v) is 0. The SMILES string of the molecule is O.[Br-].[Br-].[Br-].[Nd+3]. The number of hydrogen-bond acceptors (Lipinski definition) is 0. The molecule has 0 aliphatic carbocycles. The molecule has 1 nitrogen and oxygen atoms in total. The molecule has 0 aromatic carbocycles. The molecule has 0 spiro atoms. The molecule has 0 saturated carbocycles. The second-order valence-corrected chi connectivity index (χ2v) is 0. The van der Waals surface area contributed by atoms with Gasteiger partial charge in [0, 0.05) is 0 Å². The van der Waals surface area contributed by atoms with Crippen LogP contribution in [0.4, 0.5) is 0 Å². The van der Waals surface area contributed by atoms with Crippen molar-refractivity contribution in [3.05, 3.63) is 0 Å². The number of halogens is 3. The third-order valence-electron chi connectivity index (χ3n) is 0. The predicted octanol–water partition coefficient (Wildman–Crippen LogP) is -9.81. The minimum Gasteiger partial charge on any atom is -1.00 e. The first-order chi connectivity index (χ1) is 0. The molecule has 0 rings (SSSR count). The van der Waals surface area contributed by atoms with Crippen molar-refractivity contribution in [2.45, 2.75) is 0 Å². The summed E-state index contributed by atoms with van der Waals surface area (Å²) >= 11 is 0. The number of rotatable bonds is 0. The fourth-order valence-corrected chi connectivity index (χ4v) is 0. The van der Waals surface area contributed by atoms with Gasteiger partial charge in [0.1, 0.15) is 0 Å². The quantitative estimate of drug-likeness (QED) is 0.386. The van der Waals surface area contributed by atoms with E-state index in [1.54, 1.807) is 0 Å². The molecule has 0 aromatic rings. The van der Waals surface area contributed by atoms with Gasteiger partial charge in [-0.15, -0.1) is 0 Å². The van der Waals surface area contributed by atoms with Crippen LogP contribution < -0.4 is 50.9 Å². The van der Waals surface area contributed by atoms with Gasteiger partial charge in [0.05, 0.1) is 0 Å². The molecular weight excluding hydrogens is 400 g/mol. The van der Waals surface area contributed by atoms with Crippen molar-refractivity contribution in [2.24, 2.45) is 0 Å². The largest absolute Gasteiger partial charge is 3.00 e. The summed E-state index contributed by atoms with van der Waals surface area (Å²) in [5, 5.41) is 0. The Kier molecular flexibility index (Phi) is 275. The van der Waals surface area contributed by atoms with Crippen LogP contribution in [-0.4, -0.2) is 5.48 Å². The van der Waals surface area contributed by atoms with Crippen LogP contribution >= 0.6 is 0 Å². The Hall–Kier alpha value is 2.75. The summed E-state index contributed by atoms with van der Waals surface area (Å²) in [6.45, 7) is 0. The van der Waals surface area contributed by atoms with Gasteiger partial charge in [-0.2, -0.15) is 0 Å². The van der Waals surface area contributed by atoms with E-state index in [1.807, 2.05) is 0 Å². The molecule has 0 aromatic heterocycles. The fourth-order valence-electron chi connectivity index (χ4n) is 0. The van der Waals surface area contributed by atoms with E-state index in [4.69, 9.17) is 0 Å². The van der Waals surface area contributed by atoms with Crippen LogP contribution in [0, 0.1) is 40.8 Å². The van der Waals surface area contributed by atoms with Gasteiger partial charge in [-0.3, -0.25) is 0 Å². The topological polar surface area (TPSA) is 31.5 Å². The molecule has 0 bridgehead atoms. The Morgan fingerprint density at radius 3 is 0.600 bits per heavy atom. The van der Waals surface area contributed by atoms with Crippen LogP contribution in [-0.2, 0) is 0 Å². The summed E-state index contributed by atoms with van der Waals surface area (Å²) in [5.41, 5.74) is 0. The monoisotopic (exact) mass is 397 g/mol. The molecule has 0 fully saturated rings. The van der Waals surface area contributed by atoms with Crippen molar-refractivity contribution in [2.75, 3.05) is 0 Å². The Balaban J connectivity index is 0. The maximum atomic E-state index is 0. The molecule has 5 heteroatoms. The van der Waals surface area contributed by atoms with Gasteiger partial charge in [-0.1, -0.05) is 0 Å². The van der Waals surface area contributed by atoms with E-state index in [0.29, 0.717) is 0 Å². The molecule has 33 valence electrons. The molecular formula is H2Br3NdO. The van der Waals surface area contributed by atoms with Crippen LogP contribution in [0.2, 0.25) is 0 Å². The van der Waals surface area contributed by atoms with Crippen molar-refractivity contribution in [3.8, 4) is 0 Å². The van der Waals surface area contributed by atoms with E-state index in [-0.39, 0.29) is 97.3 Å². The van der Waals surface area contributed by atoms with Gasteiger partial charge in [-0.25, -0.2) is 0 Å². The normalized spacial score (nSPS) is 0. The maximum Gasteiger partial charge on any atom is 3.00 e. The van der Waals surface area contributed by atoms with Crippen LogP contribution in [0.3, 0.4) is 0 Å². The summed E-state index contributed by atoms with van der Waals surface area (Å²) in [5.74, 6) is 0. The van der Waals surface area contributed by atoms with E-state index in [0.717, 1.165) is 0 Å². The summed E-state index contributed by atoms with van der Waals surface area (Å²) < 4.78 is 0. The van der Waals surface area contributed by atoms with Crippen molar-refractivity contribution in [1.29, 1.82) is 0 Å². The van der Waals surface area contributed by atoms with Crippen molar-refractivity contribution >= 4 is 0 Å². The Labute approximate surface area is 95.4 Å². The first-order valence-electron chi connectivity index (χ1n) is 0. The van der Waals surface area contributed by atoms with Crippen LogP contribution in [0.25, 0.3) is 0 Å². The predicted molar refractivity (Wildman–Crippen MR) is 3.61 cm³/mol. The van der Waals surface area contributed by atoms with Crippen molar-refractivity contribution in [3.63, 3.8) is 0 Å². The van der Waals surface area contributed by atoms with Crippen molar-refractivity contribution in [1.82, 2.24) is 0 Å². The zero-order chi connectivity index (χ0) is 0. The minimum absolute atomic E-state index is 0. The second-order valence-electron chi connectivity index (χ2n) is 0. The molecule has 0 saturated heterocycles. The van der Waals surface area contributed by atoms with Crippen molar-refractivity contribution < 1.29 is 97.3 Å². The van der Waals surface area contributed by atoms with E-state index >= 15 is 0 Å². The first kappa shape index (κ1) is 46.7. The maximum absolute atomic E-state index is 0. The van der Waals surface area contributed by atoms with Gasteiger partial charge in [0.25, 0.3) is 0 Å². The zero-order valence-corrected chi connectivity index (χ0v) is 10.1. The Morgan fingerprint density at radius 2 is 0.600 bits per heavy atom. The smallest absolute Gasteiger partial charge is 1.00 e. The molecule has 0 aliphatic heterocycles. The summed E-state index contributed by atoms with van der Waals surface area (Å²) in [4.78, 5) is 0. The third kappa shape index (κ3) is 20.1. The third-order valence-corrected chi connectivity index (χ3v) is 0. The summed E-state index contributed by atoms with van der Waals surface area (Å²) in [6, 6.07) is 0.